The molecule has 0 aliphatic carbocycles. The fraction of sp³-hybridized carbons (Fsp3) is 0.267. The minimum atomic E-state index is -0.937. The zero-order valence-electron chi connectivity index (χ0n) is 11.1. The van der Waals surface area contributed by atoms with E-state index < -0.39 is 5.97 Å². The van der Waals surface area contributed by atoms with Gasteiger partial charge in [0.1, 0.15) is 5.82 Å². The molecule has 0 aliphatic rings. The van der Waals surface area contributed by atoms with Crippen LogP contribution < -0.4 is 0 Å². The average molecular weight is 261 g/mol. The van der Waals surface area contributed by atoms with Crippen molar-refractivity contribution in [3.05, 3.63) is 47.4 Å². The monoisotopic (exact) mass is 261 g/mol. The van der Waals surface area contributed by atoms with E-state index in [1.807, 2.05) is 25.5 Å². The van der Waals surface area contributed by atoms with Crippen LogP contribution in [0, 0.1) is 5.82 Å². The highest BCUT2D eigenvalue weighted by Crippen LogP contribution is 2.29. The van der Waals surface area contributed by atoms with Crippen LogP contribution in [0.5, 0.6) is 0 Å². The summed E-state index contributed by atoms with van der Waals surface area (Å²) in [6.45, 7) is 3.91. The molecule has 1 aromatic heterocycles. The molecule has 2 rings (SSSR count). The third-order valence-corrected chi connectivity index (χ3v) is 3.20. The molecule has 0 saturated heterocycles. The number of aromatic nitrogens is 1. The highest BCUT2D eigenvalue weighted by atomic mass is 19.1. The highest BCUT2D eigenvalue weighted by Gasteiger charge is 2.20. The smallest absolute Gasteiger partial charge is 0.337 e. The highest BCUT2D eigenvalue weighted by molar-refractivity contribution is 5.91. The number of benzene rings is 1. The van der Waals surface area contributed by atoms with E-state index in [1.54, 1.807) is 18.2 Å². The molecular weight excluding hydrogens is 245 g/mol. The minimum Gasteiger partial charge on any atom is -0.478 e. The third kappa shape index (κ3) is 2.38. The summed E-state index contributed by atoms with van der Waals surface area (Å²) < 4.78 is 14.8. The number of nitrogens with zero attached hydrogens (tertiary/aromatic N) is 1. The first-order valence-corrected chi connectivity index (χ1v) is 6.10. The molecule has 0 radical (unpaired) electrons. The van der Waals surface area contributed by atoms with Crippen molar-refractivity contribution in [1.82, 2.24) is 4.57 Å². The Hall–Kier alpha value is -2.10. The quantitative estimate of drug-likeness (QED) is 0.916. The van der Waals surface area contributed by atoms with Gasteiger partial charge in [0.25, 0.3) is 0 Å². The molecule has 19 heavy (non-hydrogen) atoms. The molecule has 0 bridgehead atoms. The van der Waals surface area contributed by atoms with Gasteiger partial charge in [0.2, 0.25) is 0 Å². The van der Waals surface area contributed by atoms with Gasteiger partial charge in [0.15, 0.2) is 0 Å². The molecule has 1 heterocycles. The van der Waals surface area contributed by atoms with E-state index in [2.05, 4.69) is 0 Å². The summed E-state index contributed by atoms with van der Waals surface area (Å²) in [5.74, 6) is -1.14. The van der Waals surface area contributed by atoms with Gasteiger partial charge in [0, 0.05) is 18.4 Å². The van der Waals surface area contributed by atoms with Gasteiger partial charge >= 0.3 is 5.97 Å². The Bertz CT molecular complexity index is 612. The lowest BCUT2D eigenvalue weighted by Gasteiger charge is -2.11. The number of carboxylic acid groups (broad SMARTS) is 1. The van der Waals surface area contributed by atoms with Gasteiger partial charge in [-0.1, -0.05) is 13.8 Å². The van der Waals surface area contributed by atoms with Crippen molar-refractivity contribution in [2.45, 2.75) is 19.8 Å². The molecule has 3 nitrogen and oxygen atoms in total. The number of hydrogen-bond acceptors (Lipinski definition) is 1. The molecule has 0 saturated carbocycles. The molecule has 2 aromatic rings. The van der Waals surface area contributed by atoms with E-state index in [9.17, 15) is 14.3 Å². The second-order valence-corrected chi connectivity index (χ2v) is 4.85. The normalized spacial score (nSPS) is 11.0. The maximum atomic E-state index is 12.9. The van der Waals surface area contributed by atoms with Crippen molar-refractivity contribution < 1.29 is 14.3 Å². The van der Waals surface area contributed by atoms with Crippen molar-refractivity contribution >= 4 is 5.97 Å². The van der Waals surface area contributed by atoms with Crippen LogP contribution in [0.1, 0.15) is 35.8 Å². The fourth-order valence-corrected chi connectivity index (χ4v) is 2.39. The van der Waals surface area contributed by atoms with E-state index in [1.165, 1.54) is 12.1 Å². The van der Waals surface area contributed by atoms with Crippen LogP contribution >= 0.6 is 0 Å². The summed E-state index contributed by atoms with van der Waals surface area (Å²) in [4.78, 5) is 11.3. The maximum Gasteiger partial charge on any atom is 0.337 e. The van der Waals surface area contributed by atoms with E-state index in [0.717, 1.165) is 17.0 Å². The van der Waals surface area contributed by atoms with Gasteiger partial charge in [-0.15, -0.1) is 0 Å². The first kappa shape index (κ1) is 13.3. The first-order valence-electron chi connectivity index (χ1n) is 6.10. The molecule has 0 unspecified atom stereocenters. The molecule has 0 atom stereocenters. The van der Waals surface area contributed by atoms with E-state index >= 15 is 0 Å². The van der Waals surface area contributed by atoms with Crippen molar-refractivity contribution in [2.75, 3.05) is 0 Å². The van der Waals surface area contributed by atoms with Crippen LogP contribution in [0.25, 0.3) is 11.3 Å². The van der Waals surface area contributed by atoms with E-state index in [0.29, 0.717) is 5.56 Å². The van der Waals surface area contributed by atoms with Gasteiger partial charge in [-0.25, -0.2) is 9.18 Å². The second kappa shape index (κ2) is 4.88. The maximum absolute atomic E-state index is 12.9. The van der Waals surface area contributed by atoms with Crippen molar-refractivity contribution in [3.63, 3.8) is 0 Å². The SMILES string of the molecule is CC(C)c1c(C(=O)O)cc(-c2ccc(F)cc2)n1C. The molecule has 0 aliphatic heterocycles. The Kier molecular flexibility index (Phi) is 3.42. The van der Waals surface area contributed by atoms with Gasteiger partial charge in [-0.2, -0.15) is 0 Å². The lowest BCUT2D eigenvalue weighted by Crippen LogP contribution is -2.06. The van der Waals surface area contributed by atoms with Crippen molar-refractivity contribution in [1.29, 1.82) is 0 Å². The Morgan fingerprint density at radius 2 is 1.84 bits per heavy atom. The third-order valence-electron chi connectivity index (χ3n) is 3.20. The number of carboxylic acids is 1. The predicted molar refractivity (Wildman–Crippen MR) is 71.9 cm³/mol. The van der Waals surface area contributed by atoms with Crippen LogP contribution in [0.4, 0.5) is 4.39 Å². The lowest BCUT2D eigenvalue weighted by atomic mass is 10.1. The summed E-state index contributed by atoms with van der Waals surface area (Å²) in [6.07, 6.45) is 0. The number of hydrogen-bond donors (Lipinski definition) is 1. The minimum absolute atomic E-state index is 0.102. The molecule has 0 spiro atoms. The van der Waals surface area contributed by atoms with Gasteiger partial charge < -0.3 is 9.67 Å². The largest absolute Gasteiger partial charge is 0.478 e. The van der Waals surface area contributed by atoms with Crippen LogP contribution in [0.2, 0.25) is 0 Å². The van der Waals surface area contributed by atoms with Crippen LogP contribution in [0.3, 0.4) is 0 Å². The van der Waals surface area contributed by atoms with Gasteiger partial charge in [-0.3, -0.25) is 0 Å². The van der Waals surface area contributed by atoms with Crippen molar-refractivity contribution in [2.24, 2.45) is 7.05 Å². The molecular formula is C15H16FNO2. The van der Waals surface area contributed by atoms with E-state index in [-0.39, 0.29) is 11.7 Å². The van der Waals surface area contributed by atoms with Gasteiger partial charge in [-0.05, 0) is 41.8 Å². The second-order valence-electron chi connectivity index (χ2n) is 4.85. The first-order chi connectivity index (χ1) is 8.91. The fourth-order valence-electron chi connectivity index (χ4n) is 2.39. The van der Waals surface area contributed by atoms with E-state index in [4.69, 9.17) is 0 Å². The molecule has 0 fully saturated rings. The molecule has 1 aromatic carbocycles. The summed E-state index contributed by atoms with van der Waals surface area (Å²) in [7, 11) is 1.83. The molecule has 4 heteroatoms. The zero-order valence-corrected chi connectivity index (χ0v) is 11.1. The summed E-state index contributed by atoms with van der Waals surface area (Å²) >= 11 is 0. The number of rotatable bonds is 3. The standard InChI is InChI=1S/C15H16FNO2/c1-9(2)14-12(15(18)19)8-13(17(14)3)10-4-6-11(16)7-5-10/h4-9H,1-3H3,(H,18,19). The van der Waals surface area contributed by atoms with Gasteiger partial charge in [0.05, 0.1) is 5.56 Å². The zero-order chi connectivity index (χ0) is 14.2. The number of halogens is 1. The van der Waals surface area contributed by atoms with Crippen LogP contribution in [-0.2, 0) is 7.05 Å². The molecule has 1 N–H and O–H groups in total. The predicted octanol–water partition coefficient (Wildman–Crippen LogP) is 3.65. The summed E-state index contributed by atoms with van der Waals surface area (Å²) in [6, 6.07) is 7.70. The topological polar surface area (TPSA) is 42.2 Å². The Labute approximate surface area is 111 Å². The summed E-state index contributed by atoms with van der Waals surface area (Å²) in [5, 5.41) is 9.27. The molecule has 100 valence electrons. The molecule has 0 amide bonds. The number of aromatic carboxylic acids is 1. The van der Waals surface area contributed by atoms with Crippen LogP contribution in [0.15, 0.2) is 30.3 Å². The Morgan fingerprint density at radius 1 is 1.26 bits per heavy atom. The lowest BCUT2D eigenvalue weighted by molar-refractivity contribution is 0.0695. The average Bonchev–Trinajstić information content (AvgIpc) is 2.68. The van der Waals surface area contributed by atoms with Crippen LogP contribution in [-0.4, -0.2) is 15.6 Å². The Balaban J connectivity index is 2.62. The Morgan fingerprint density at radius 3 is 2.26 bits per heavy atom. The summed E-state index contributed by atoms with van der Waals surface area (Å²) in [5.41, 5.74) is 2.66. The van der Waals surface area contributed by atoms with Crippen molar-refractivity contribution in [3.8, 4) is 11.3 Å². The number of carbonyl (C=O) groups is 1.